The fourth-order valence-electron chi connectivity index (χ4n) is 3.86. The van der Waals surface area contributed by atoms with Gasteiger partial charge in [-0.1, -0.05) is 13.8 Å². The number of hydrogen-bond donors (Lipinski definition) is 1. The first kappa shape index (κ1) is 17.9. The van der Waals surface area contributed by atoms with E-state index >= 15 is 0 Å². The molecule has 27 heavy (non-hydrogen) atoms. The maximum atomic E-state index is 4.85. The predicted molar refractivity (Wildman–Crippen MR) is 112 cm³/mol. The van der Waals surface area contributed by atoms with Gasteiger partial charge in [0.1, 0.15) is 6.17 Å². The minimum Gasteiger partial charge on any atom is -0.364 e. The predicted octanol–water partition coefficient (Wildman–Crippen LogP) is 4.80. The van der Waals surface area contributed by atoms with E-state index in [0.717, 1.165) is 34.8 Å². The van der Waals surface area contributed by atoms with Gasteiger partial charge in [-0.05, 0) is 55.9 Å². The zero-order chi connectivity index (χ0) is 19.0. The minimum atomic E-state index is 0.120. The molecular formula is C21H25N5S. The molecule has 0 saturated heterocycles. The van der Waals surface area contributed by atoms with E-state index < -0.39 is 0 Å². The Labute approximate surface area is 164 Å². The average Bonchev–Trinajstić information content (AvgIpc) is 3.26. The summed E-state index contributed by atoms with van der Waals surface area (Å²) in [5, 5.41) is 10.6. The van der Waals surface area contributed by atoms with Crippen molar-refractivity contribution >= 4 is 22.7 Å². The Balaban J connectivity index is 1.68. The van der Waals surface area contributed by atoms with Crippen molar-refractivity contribution in [2.24, 2.45) is 11.0 Å². The van der Waals surface area contributed by atoms with E-state index in [-0.39, 0.29) is 6.17 Å². The van der Waals surface area contributed by atoms with Crippen LogP contribution in [0.25, 0.3) is 16.3 Å². The molecule has 0 bridgehead atoms. The summed E-state index contributed by atoms with van der Waals surface area (Å²) in [5.41, 5.74) is 5.78. The molecule has 1 atom stereocenters. The van der Waals surface area contributed by atoms with Crippen LogP contribution in [0.2, 0.25) is 0 Å². The Hall–Kier alpha value is -2.47. The molecule has 4 rings (SSSR count). The van der Waals surface area contributed by atoms with Crippen molar-refractivity contribution in [3.8, 4) is 10.6 Å². The second-order valence-corrected chi connectivity index (χ2v) is 8.11. The lowest BCUT2D eigenvalue weighted by Gasteiger charge is -2.33. The van der Waals surface area contributed by atoms with Crippen LogP contribution in [0.3, 0.4) is 0 Å². The quantitative estimate of drug-likeness (QED) is 0.811. The highest BCUT2D eigenvalue weighted by Crippen LogP contribution is 2.40. The van der Waals surface area contributed by atoms with E-state index in [4.69, 9.17) is 5.10 Å². The van der Waals surface area contributed by atoms with E-state index in [1.54, 1.807) is 23.7 Å². The Bertz CT molecular complexity index is 921. The summed E-state index contributed by atoms with van der Waals surface area (Å²) in [7, 11) is 0. The second-order valence-electron chi connectivity index (χ2n) is 7.06. The average molecular weight is 380 g/mol. The highest BCUT2D eigenvalue weighted by atomic mass is 32.1. The Morgan fingerprint density at radius 1 is 1.22 bits per heavy atom. The molecule has 6 heteroatoms. The molecule has 0 amide bonds. The lowest BCUT2D eigenvalue weighted by atomic mass is 9.89. The van der Waals surface area contributed by atoms with Gasteiger partial charge in [-0.2, -0.15) is 5.10 Å². The lowest BCUT2D eigenvalue weighted by Crippen LogP contribution is -2.40. The van der Waals surface area contributed by atoms with Crippen molar-refractivity contribution < 1.29 is 0 Å². The molecule has 5 nitrogen and oxygen atoms in total. The fraction of sp³-hybridized carbons (Fsp3) is 0.381. The highest BCUT2D eigenvalue weighted by Gasteiger charge is 2.35. The summed E-state index contributed by atoms with van der Waals surface area (Å²) in [5.74, 6) is 0.572. The zero-order valence-corrected chi connectivity index (χ0v) is 17.0. The molecule has 0 aromatic carbocycles. The molecule has 2 aliphatic heterocycles. The molecule has 2 aromatic heterocycles. The normalized spacial score (nSPS) is 18.8. The van der Waals surface area contributed by atoms with Crippen molar-refractivity contribution in [1.29, 1.82) is 0 Å². The topological polar surface area (TPSA) is 53.4 Å². The first-order valence-electron chi connectivity index (χ1n) is 9.51. The van der Waals surface area contributed by atoms with E-state index in [0.29, 0.717) is 5.92 Å². The van der Waals surface area contributed by atoms with Crippen LogP contribution >= 0.6 is 11.3 Å². The number of thiophene rings is 1. The molecule has 0 aliphatic carbocycles. The van der Waals surface area contributed by atoms with E-state index in [1.807, 2.05) is 6.20 Å². The number of fused-ring (bicyclic) bond motifs is 1. The molecule has 0 fully saturated rings. The Kier molecular flexibility index (Phi) is 4.83. The van der Waals surface area contributed by atoms with Crippen molar-refractivity contribution in [3.05, 3.63) is 52.9 Å². The number of nitrogens with one attached hydrogen (secondary N) is 1. The van der Waals surface area contributed by atoms with Gasteiger partial charge in [0.25, 0.3) is 0 Å². The number of hydrogen-bond acceptors (Lipinski definition) is 6. The van der Waals surface area contributed by atoms with Gasteiger partial charge in [-0.3, -0.25) is 9.97 Å². The van der Waals surface area contributed by atoms with Crippen molar-refractivity contribution in [2.45, 2.75) is 46.7 Å². The van der Waals surface area contributed by atoms with Crippen molar-refractivity contribution in [2.75, 3.05) is 0 Å². The third-order valence-electron chi connectivity index (χ3n) is 5.25. The molecule has 2 aromatic rings. The van der Waals surface area contributed by atoms with Crippen LogP contribution in [0, 0.1) is 12.8 Å². The van der Waals surface area contributed by atoms with Crippen molar-refractivity contribution in [3.63, 3.8) is 0 Å². The highest BCUT2D eigenvalue weighted by molar-refractivity contribution is 7.16. The van der Waals surface area contributed by atoms with Crippen LogP contribution in [0.4, 0.5) is 0 Å². The standard InChI is InChI=1S/C21H25N5S/c1-5-15(6-2)16-10-14(4)25-26-18(12-24-21(16)26)20-13(3)9-19(27-20)17-11-22-7-8-23-17/h7-12,15,21,24H,5-6H2,1-4H3. The van der Waals surface area contributed by atoms with Gasteiger partial charge in [0.05, 0.1) is 33.1 Å². The van der Waals surface area contributed by atoms with Crippen LogP contribution in [0.5, 0.6) is 0 Å². The molecule has 140 valence electrons. The largest absolute Gasteiger partial charge is 0.364 e. The molecule has 2 aliphatic rings. The van der Waals surface area contributed by atoms with E-state index in [1.165, 1.54) is 16.0 Å². The van der Waals surface area contributed by atoms with Crippen molar-refractivity contribution in [1.82, 2.24) is 20.3 Å². The van der Waals surface area contributed by atoms with Crippen LogP contribution in [-0.2, 0) is 0 Å². The number of hydrazone groups is 1. The number of aromatic nitrogens is 2. The van der Waals surface area contributed by atoms with Gasteiger partial charge >= 0.3 is 0 Å². The zero-order valence-electron chi connectivity index (χ0n) is 16.2. The van der Waals surface area contributed by atoms with Crippen LogP contribution in [0.15, 0.2) is 47.6 Å². The Morgan fingerprint density at radius 3 is 2.74 bits per heavy atom. The summed E-state index contributed by atoms with van der Waals surface area (Å²) in [6, 6.07) is 2.19. The monoisotopic (exact) mass is 379 g/mol. The third-order valence-corrected chi connectivity index (χ3v) is 6.53. The molecule has 0 radical (unpaired) electrons. The third kappa shape index (κ3) is 3.18. The number of allylic oxidation sites excluding steroid dienone is 1. The molecule has 0 saturated carbocycles. The summed E-state index contributed by atoms with van der Waals surface area (Å²) in [4.78, 5) is 11.0. The van der Waals surface area contributed by atoms with Gasteiger partial charge < -0.3 is 5.32 Å². The van der Waals surface area contributed by atoms with E-state index in [2.05, 4.69) is 66.3 Å². The summed E-state index contributed by atoms with van der Waals surface area (Å²) in [6.07, 6.45) is 12.0. The maximum Gasteiger partial charge on any atom is 0.143 e. The smallest absolute Gasteiger partial charge is 0.143 e. The Morgan fingerprint density at radius 2 is 2.04 bits per heavy atom. The van der Waals surface area contributed by atoms with Gasteiger partial charge in [0.2, 0.25) is 0 Å². The van der Waals surface area contributed by atoms with Crippen LogP contribution in [0.1, 0.15) is 44.1 Å². The first-order chi connectivity index (χ1) is 13.1. The van der Waals surface area contributed by atoms with Gasteiger partial charge in [0, 0.05) is 18.6 Å². The molecular weight excluding hydrogens is 354 g/mol. The van der Waals surface area contributed by atoms with Crippen LogP contribution in [-0.4, -0.2) is 26.9 Å². The molecule has 4 heterocycles. The summed E-state index contributed by atoms with van der Waals surface area (Å²) >= 11 is 1.75. The number of nitrogens with zero attached hydrogens (tertiary/aromatic N) is 4. The SMILES string of the molecule is CCC(CC)C1=CC(C)=NN2C(c3sc(-c4cnccn4)cc3C)=CNC12. The number of aryl methyl sites for hydroxylation is 1. The first-order valence-corrected chi connectivity index (χ1v) is 10.3. The maximum absolute atomic E-state index is 4.85. The van der Waals surface area contributed by atoms with Crippen LogP contribution < -0.4 is 5.32 Å². The van der Waals surface area contributed by atoms with Gasteiger partial charge in [0.15, 0.2) is 0 Å². The second kappa shape index (κ2) is 7.27. The minimum absolute atomic E-state index is 0.120. The fourth-order valence-corrected chi connectivity index (χ4v) is 5.00. The lowest BCUT2D eigenvalue weighted by molar-refractivity contribution is 0.311. The van der Waals surface area contributed by atoms with Gasteiger partial charge in [-0.15, -0.1) is 11.3 Å². The molecule has 1 unspecified atom stereocenters. The summed E-state index contributed by atoms with van der Waals surface area (Å²) < 4.78 is 0. The number of rotatable bonds is 5. The molecule has 0 spiro atoms. The van der Waals surface area contributed by atoms with Gasteiger partial charge in [-0.25, -0.2) is 5.01 Å². The van der Waals surface area contributed by atoms with E-state index in [9.17, 15) is 0 Å². The summed E-state index contributed by atoms with van der Waals surface area (Å²) in [6.45, 7) is 8.76. The molecule has 1 N–H and O–H groups in total.